The van der Waals surface area contributed by atoms with Crippen molar-refractivity contribution in [1.29, 1.82) is 0 Å². The summed E-state index contributed by atoms with van der Waals surface area (Å²) in [6.45, 7) is 5.52. The fourth-order valence-electron chi connectivity index (χ4n) is 2.36. The summed E-state index contributed by atoms with van der Waals surface area (Å²) in [6.07, 6.45) is -15.2. The molecule has 0 amide bonds. The van der Waals surface area contributed by atoms with Crippen molar-refractivity contribution in [2.75, 3.05) is 6.61 Å². The highest BCUT2D eigenvalue weighted by atomic mass is 28.3. The Hall–Kier alpha value is -1.27. The molecular weight excluding hydrogens is 442 g/mol. The Labute approximate surface area is 162 Å². The van der Waals surface area contributed by atoms with Crippen LogP contribution in [0, 0.1) is 0 Å². The summed E-state index contributed by atoms with van der Waals surface area (Å²) in [5.74, 6) is -11.0. The second kappa shape index (κ2) is 9.69. The minimum Gasteiger partial charge on any atom is -0.462 e. The molecule has 13 heteroatoms. The van der Waals surface area contributed by atoms with Gasteiger partial charge in [0.2, 0.25) is 0 Å². The van der Waals surface area contributed by atoms with Crippen LogP contribution in [0.4, 0.5) is 43.9 Å². The first-order chi connectivity index (χ1) is 12.7. The number of ether oxygens (including phenoxy) is 1. The van der Waals surface area contributed by atoms with Gasteiger partial charge in [0, 0.05) is 18.4 Å². The van der Waals surface area contributed by atoms with Crippen molar-refractivity contribution in [3.05, 3.63) is 12.2 Å². The van der Waals surface area contributed by atoms with Crippen LogP contribution in [0.5, 0.6) is 0 Å². The molecule has 0 saturated heterocycles. The lowest BCUT2D eigenvalue weighted by atomic mass is 10.2. The summed E-state index contributed by atoms with van der Waals surface area (Å²) in [7, 11) is -3.40. The summed E-state index contributed by atoms with van der Waals surface area (Å²) in [5.41, 5.74) is 0.0413. The monoisotopic (exact) mass is 464 g/mol. The molecule has 0 atom stereocenters. The zero-order valence-electron chi connectivity index (χ0n) is 15.8. The van der Waals surface area contributed by atoms with Crippen LogP contribution in [0.15, 0.2) is 12.2 Å². The molecule has 0 spiro atoms. The zero-order valence-corrected chi connectivity index (χ0v) is 16.8. The quantitative estimate of drug-likeness (QED) is 0.111. The molecule has 172 valence electrons. The molecule has 0 aliphatic carbocycles. The number of alkyl halides is 10. The first-order valence-electron chi connectivity index (χ1n) is 8.46. The molecule has 0 aromatic heterocycles. The summed E-state index contributed by atoms with van der Waals surface area (Å²) in [4.78, 5) is 11.2. The number of rotatable bonds is 11. The first kappa shape index (κ1) is 27.7. The molecule has 0 fully saturated rings. The summed E-state index contributed by atoms with van der Waals surface area (Å²) >= 11 is 0. The number of carbonyl (C=O) groups is 1. The average Bonchev–Trinajstić information content (AvgIpc) is 2.53. The summed E-state index contributed by atoms with van der Waals surface area (Å²) in [5, 5.41) is 0. The van der Waals surface area contributed by atoms with Crippen LogP contribution in [0.2, 0.25) is 24.7 Å². The molecule has 0 aliphatic heterocycles. The molecule has 0 N–H and O–H groups in total. The molecule has 0 aromatic rings. The largest absolute Gasteiger partial charge is 0.462 e. The van der Waals surface area contributed by atoms with E-state index in [-0.39, 0.29) is 24.6 Å². The van der Waals surface area contributed by atoms with Gasteiger partial charge in [-0.05, 0) is 13.3 Å². The van der Waals surface area contributed by atoms with E-state index in [4.69, 9.17) is 4.74 Å². The fraction of sp³-hybridized carbons (Fsp3) is 0.812. The summed E-state index contributed by atoms with van der Waals surface area (Å²) in [6, 6.07) is -1.80. The van der Waals surface area contributed by atoms with Gasteiger partial charge in [-0.25, -0.2) is 4.79 Å². The molecule has 0 radical (unpaired) electrons. The molecule has 0 bridgehead atoms. The Kier molecular flexibility index (Phi) is 9.26. The van der Waals surface area contributed by atoms with Crippen LogP contribution < -0.4 is 0 Å². The molecule has 0 rings (SSSR count). The molecule has 0 unspecified atom stereocenters. The van der Waals surface area contributed by atoms with E-state index in [0.29, 0.717) is 0 Å². The van der Waals surface area contributed by atoms with E-state index in [0.717, 1.165) is 0 Å². The van der Waals surface area contributed by atoms with Gasteiger partial charge in [-0.3, -0.25) is 0 Å². The lowest BCUT2D eigenvalue weighted by Crippen LogP contribution is -2.42. The zero-order chi connectivity index (χ0) is 23.3. The van der Waals surface area contributed by atoms with E-state index in [1.165, 1.54) is 13.5 Å². The van der Waals surface area contributed by atoms with Crippen LogP contribution in [0.3, 0.4) is 0 Å². The number of hydrogen-bond donors (Lipinski definition) is 0. The lowest BCUT2D eigenvalue weighted by molar-refractivity contribution is -0.283. The molecule has 0 aromatic carbocycles. The van der Waals surface area contributed by atoms with E-state index in [1.807, 2.05) is 0 Å². The number of esters is 1. The topological polar surface area (TPSA) is 26.3 Å². The molecular formula is C16H22F10O2Si. The van der Waals surface area contributed by atoms with Gasteiger partial charge < -0.3 is 4.74 Å². The average molecular weight is 464 g/mol. The van der Waals surface area contributed by atoms with Gasteiger partial charge in [0.25, 0.3) is 0 Å². The molecule has 0 aliphatic rings. The Morgan fingerprint density at radius 3 is 1.52 bits per heavy atom. The van der Waals surface area contributed by atoms with Crippen LogP contribution in [0.25, 0.3) is 0 Å². The van der Waals surface area contributed by atoms with E-state index in [2.05, 4.69) is 6.58 Å². The first-order valence-corrected chi connectivity index (χ1v) is 11.6. The van der Waals surface area contributed by atoms with Gasteiger partial charge in [0.1, 0.15) is 0 Å². The van der Waals surface area contributed by atoms with E-state index >= 15 is 0 Å². The van der Waals surface area contributed by atoms with Crippen molar-refractivity contribution in [2.24, 2.45) is 0 Å². The van der Waals surface area contributed by atoms with Gasteiger partial charge >= 0.3 is 30.2 Å². The Morgan fingerprint density at radius 2 is 1.21 bits per heavy atom. The van der Waals surface area contributed by atoms with Crippen molar-refractivity contribution < 1.29 is 53.4 Å². The maximum atomic E-state index is 13.2. The molecule has 29 heavy (non-hydrogen) atoms. The van der Waals surface area contributed by atoms with E-state index in [1.54, 1.807) is 0 Å². The Balaban J connectivity index is 5.16. The van der Waals surface area contributed by atoms with Gasteiger partial charge in [-0.2, -0.15) is 43.9 Å². The van der Waals surface area contributed by atoms with Crippen LogP contribution in [-0.4, -0.2) is 44.8 Å². The maximum Gasteiger partial charge on any atom is 0.453 e. The van der Waals surface area contributed by atoms with Crippen LogP contribution in [-0.2, 0) is 9.53 Å². The molecule has 0 heterocycles. The minimum absolute atomic E-state index is 0.0413. The second-order valence-electron chi connectivity index (χ2n) is 7.23. The lowest BCUT2D eigenvalue weighted by Gasteiger charge is -2.32. The third-order valence-corrected chi connectivity index (χ3v) is 8.90. The van der Waals surface area contributed by atoms with E-state index in [9.17, 15) is 48.7 Å². The van der Waals surface area contributed by atoms with Crippen molar-refractivity contribution in [3.8, 4) is 0 Å². The van der Waals surface area contributed by atoms with Gasteiger partial charge in [-0.1, -0.05) is 31.3 Å². The second-order valence-corrected chi connectivity index (χ2v) is 12.4. The molecule has 0 saturated carbocycles. The van der Waals surface area contributed by atoms with Crippen molar-refractivity contribution >= 4 is 14.0 Å². The van der Waals surface area contributed by atoms with Crippen molar-refractivity contribution in [1.82, 2.24) is 0 Å². The minimum atomic E-state index is -5.85. The normalized spacial score (nSPS) is 14.1. The Bertz CT molecular complexity index is 539. The van der Waals surface area contributed by atoms with Crippen LogP contribution in [0.1, 0.15) is 26.2 Å². The number of carbonyl (C=O) groups excluding carboxylic acids is 1. The standard InChI is InChI=1S/C16H22F10O2Si/c1-11(2)12(27)28-7-4-8-29(3,9-5-13(17,18)15(21,22)23)10-6-14(19,20)16(24,25)26/h1,4-10H2,2-3H3. The highest BCUT2D eigenvalue weighted by molar-refractivity contribution is 6.78. The third kappa shape index (κ3) is 8.95. The van der Waals surface area contributed by atoms with Crippen molar-refractivity contribution in [2.45, 2.75) is 75.1 Å². The Morgan fingerprint density at radius 1 is 0.828 bits per heavy atom. The van der Waals surface area contributed by atoms with Gasteiger partial charge in [-0.15, -0.1) is 0 Å². The van der Waals surface area contributed by atoms with E-state index < -0.39 is 63.2 Å². The highest BCUT2D eigenvalue weighted by Crippen LogP contribution is 2.44. The predicted molar refractivity (Wildman–Crippen MR) is 87.7 cm³/mol. The number of hydrogen-bond acceptors (Lipinski definition) is 2. The smallest absolute Gasteiger partial charge is 0.453 e. The van der Waals surface area contributed by atoms with Gasteiger partial charge in [0.15, 0.2) is 0 Å². The highest BCUT2D eigenvalue weighted by Gasteiger charge is 2.59. The number of halogens is 10. The predicted octanol–water partition coefficient (Wildman–Crippen LogP) is 6.75. The van der Waals surface area contributed by atoms with Crippen molar-refractivity contribution in [3.63, 3.8) is 0 Å². The fourth-order valence-corrected chi connectivity index (χ4v) is 5.95. The SMILES string of the molecule is C=C(C)C(=O)OCCC[Si](C)(CCC(F)(F)C(F)(F)F)CCC(F)(F)C(F)(F)F. The van der Waals surface area contributed by atoms with Gasteiger partial charge in [0.05, 0.1) is 14.7 Å². The maximum absolute atomic E-state index is 13.2. The molecule has 2 nitrogen and oxygen atoms in total. The summed E-state index contributed by atoms with van der Waals surface area (Å²) < 4.78 is 132. The third-order valence-electron chi connectivity index (χ3n) is 4.42. The van der Waals surface area contributed by atoms with Crippen LogP contribution >= 0.6 is 0 Å².